The molecule has 0 bridgehead atoms. The monoisotopic (exact) mass is 234 g/mol. The largest absolute Gasteiger partial charge is 0.497 e. The summed E-state index contributed by atoms with van der Waals surface area (Å²) >= 11 is 0. The Balaban J connectivity index is 2.16. The second kappa shape index (κ2) is 5.21. The van der Waals surface area contributed by atoms with Crippen molar-refractivity contribution in [2.45, 2.75) is 38.2 Å². The van der Waals surface area contributed by atoms with Crippen LogP contribution in [0.5, 0.6) is 5.75 Å². The van der Waals surface area contributed by atoms with Crippen molar-refractivity contribution in [3.05, 3.63) is 29.8 Å². The lowest BCUT2D eigenvalue weighted by atomic mass is 9.90. The van der Waals surface area contributed by atoms with Gasteiger partial charge in [0.25, 0.3) is 0 Å². The van der Waals surface area contributed by atoms with Crippen LogP contribution in [0.4, 0.5) is 0 Å². The fourth-order valence-electron chi connectivity index (χ4n) is 2.34. The Morgan fingerprint density at radius 2 is 2.06 bits per heavy atom. The zero-order valence-corrected chi connectivity index (χ0v) is 10.3. The molecule has 1 aliphatic heterocycles. The maximum atomic E-state index is 11.4. The van der Waals surface area contributed by atoms with Crippen LogP contribution in [0, 0.1) is 0 Å². The minimum absolute atomic E-state index is 0.0425. The number of rotatable bonds is 4. The van der Waals surface area contributed by atoms with Crippen molar-refractivity contribution in [3.8, 4) is 5.75 Å². The molecular formula is C14H18O3. The summed E-state index contributed by atoms with van der Waals surface area (Å²) in [5.74, 6) is 0.962. The van der Waals surface area contributed by atoms with E-state index >= 15 is 0 Å². The van der Waals surface area contributed by atoms with Crippen LogP contribution < -0.4 is 4.74 Å². The summed E-state index contributed by atoms with van der Waals surface area (Å²) in [5.41, 5.74) is 1.16. The number of esters is 1. The van der Waals surface area contributed by atoms with Crippen LogP contribution in [0.15, 0.2) is 24.3 Å². The van der Waals surface area contributed by atoms with Crippen molar-refractivity contribution in [1.82, 2.24) is 0 Å². The average Bonchev–Trinajstić information content (AvgIpc) is 2.71. The van der Waals surface area contributed by atoms with E-state index in [1.165, 1.54) is 0 Å². The predicted octanol–water partition coefficient (Wildman–Crippen LogP) is 2.89. The van der Waals surface area contributed by atoms with Gasteiger partial charge in [-0.05, 0) is 24.1 Å². The minimum atomic E-state index is -0.0794. The van der Waals surface area contributed by atoms with Crippen LogP contribution in [0.25, 0.3) is 0 Å². The second-order valence-corrected chi connectivity index (χ2v) is 4.40. The average molecular weight is 234 g/mol. The predicted molar refractivity (Wildman–Crippen MR) is 65.1 cm³/mol. The molecule has 0 N–H and O–H groups in total. The first kappa shape index (κ1) is 12.0. The van der Waals surface area contributed by atoms with Gasteiger partial charge in [0.1, 0.15) is 11.9 Å². The normalized spacial score (nSPS) is 23.5. The first-order valence-corrected chi connectivity index (χ1v) is 6.08. The molecule has 1 aromatic rings. The Kier molecular flexibility index (Phi) is 3.67. The van der Waals surface area contributed by atoms with Crippen molar-refractivity contribution < 1.29 is 14.3 Å². The zero-order chi connectivity index (χ0) is 12.3. The summed E-state index contributed by atoms with van der Waals surface area (Å²) in [4.78, 5) is 11.4. The van der Waals surface area contributed by atoms with E-state index in [2.05, 4.69) is 6.92 Å². The van der Waals surface area contributed by atoms with E-state index in [0.717, 1.165) is 24.2 Å². The highest BCUT2D eigenvalue weighted by atomic mass is 16.5. The molecule has 92 valence electrons. The molecule has 2 atom stereocenters. The number of methoxy groups -OCH3 is 1. The van der Waals surface area contributed by atoms with Gasteiger partial charge in [-0.3, -0.25) is 4.79 Å². The smallest absolute Gasteiger partial charge is 0.306 e. The molecule has 0 aromatic heterocycles. The number of carbonyl (C=O) groups excluding carboxylic acids is 1. The molecule has 17 heavy (non-hydrogen) atoms. The SMILES string of the molecule is CCC[C@@H]1OC(=O)C[C@H]1c1ccc(OC)cc1. The van der Waals surface area contributed by atoms with E-state index in [0.29, 0.717) is 6.42 Å². The summed E-state index contributed by atoms with van der Waals surface area (Å²) < 4.78 is 10.5. The molecule has 1 aliphatic rings. The molecule has 2 rings (SSSR count). The van der Waals surface area contributed by atoms with Crippen LogP contribution in [0.1, 0.15) is 37.7 Å². The Morgan fingerprint density at radius 3 is 2.65 bits per heavy atom. The first-order chi connectivity index (χ1) is 8.24. The third-order valence-electron chi connectivity index (χ3n) is 3.24. The molecule has 0 spiro atoms. The van der Waals surface area contributed by atoms with Crippen molar-refractivity contribution in [1.29, 1.82) is 0 Å². The van der Waals surface area contributed by atoms with Gasteiger partial charge >= 0.3 is 5.97 Å². The van der Waals surface area contributed by atoms with Gasteiger partial charge in [-0.15, -0.1) is 0 Å². The van der Waals surface area contributed by atoms with Crippen LogP contribution in [0.2, 0.25) is 0 Å². The van der Waals surface area contributed by atoms with Crippen LogP contribution in [-0.4, -0.2) is 19.2 Å². The zero-order valence-electron chi connectivity index (χ0n) is 10.3. The van der Waals surface area contributed by atoms with Gasteiger partial charge in [0.2, 0.25) is 0 Å². The molecule has 0 aliphatic carbocycles. The van der Waals surface area contributed by atoms with Gasteiger partial charge in [-0.2, -0.15) is 0 Å². The van der Waals surface area contributed by atoms with Crippen LogP contribution >= 0.6 is 0 Å². The quantitative estimate of drug-likeness (QED) is 0.751. The maximum absolute atomic E-state index is 11.4. The van der Waals surface area contributed by atoms with E-state index in [4.69, 9.17) is 9.47 Å². The maximum Gasteiger partial charge on any atom is 0.306 e. The fraction of sp³-hybridized carbons (Fsp3) is 0.500. The summed E-state index contributed by atoms with van der Waals surface area (Å²) in [6, 6.07) is 7.91. The summed E-state index contributed by atoms with van der Waals surface area (Å²) in [6.07, 6.45) is 2.50. The molecule has 1 saturated heterocycles. The molecule has 0 unspecified atom stereocenters. The Bertz CT molecular complexity index is 383. The van der Waals surface area contributed by atoms with Crippen molar-refractivity contribution in [2.24, 2.45) is 0 Å². The van der Waals surface area contributed by atoms with E-state index < -0.39 is 0 Å². The van der Waals surface area contributed by atoms with Gasteiger partial charge in [0.05, 0.1) is 13.5 Å². The first-order valence-electron chi connectivity index (χ1n) is 6.08. The molecular weight excluding hydrogens is 216 g/mol. The summed E-state index contributed by atoms with van der Waals surface area (Å²) in [6.45, 7) is 2.11. The summed E-state index contributed by atoms with van der Waals surface area (Å²) in [5, 5.41) is 0. The number of ether oxygens (including phenoxy) is 2. The van der Waals surface area contributed by atoms with E-state index in [1.54, 1.807) is 7.11 Å². The highest BCUT2D eigenvalue weighted by Gasteiger charge is 2.34. The Morgan fingerprint density at radius 1 is 1.35 bits per heavy atom. The van der Waals surface area contributed by atoms with E-state index in [-0.39, 0.29) is 18.0 Å². The third kappa shape index (κ3) is 2.60. The van der Waals surface area contributed by atoms with Gasteiger partial charge in [0.15, 0.2) is 0 Å². The van der Waals surface area contributed by atoms with Crippen LogP contribution in [-0.2, 0) is 9.53 Å². The topological polar surface area (TPSA) is 35.5 Å². The molecule has 3 nitrogen and oxygen atoms in total. The number of carbonyl (C=O) groups is 1. The van der Waals surface area contributed by atoms with Gasteiger partial charge in [-0.25, -0.2) is 0 Å². The summed E-state index contributed by atoms with van der Waals surface area (Å²) in [7, 11) is 1.65. The molecule has 1 aromatic carbocycles. The minimum Gasteiger partial charge on any atom is -0.497 e. The Labute approximate surface area is 102 Å². The third-order valence-corrected chi connectivity index (χ3v) is 3.24. The number of cyclic esters (lactones) is 1. The van der Waals surface area contributed by atoms with Gasteiger partial charge in [0, 0.05) is 5.92 Å². The second-order valence-electron chi connectivity index (χ2n) is 4.40. The standard InChI is InChI=1S/C14H18O3/c1-3-4-13-12(9-14(15)17-13)10-5-7-11(16-2)8-6-10/h5-8,12-13H,3-4,9H2,1-2H3/t12-,13-/m0/s1. The molecule has 0 saturated carbocycles. The Hall–Kier alpha value is -1.51. The van der Waals surface area contributed by atoms with Crippen molar-refractivity contribution in [3.63, 3.8) is 0 Å². The molecule has 0 amide bonds. The lowest BCUT2D eigenvalue weighted by Crippen LogP contribution is -2.14. The lowest BCUT2D eigenvalue weighted by molar-refractivity contribution is -0.141. The molecule has 0 radical (unpaired) electrons. The molecule has 1 fully saturated rings. The van der Waals surface area contributed by atoms with Crippen molar-refractivity contribution >= 4 is 5.97 Å². The molecule has 1 heterocycles. The van der Waals surface area contributed by atoms with E-state index in [9.17, 15) is 4.79 Å². The number of benzene rings is 1. The van der Waals surface area contributed by atoms with Gasteiger partial charge < -0.3 is 9.47 Å². The highest BCUT2D eigenvalue weighted by Crippen LogP contribution is 2.35. The number of hydrogen-bond donors (Lipinski definition) is 0. The van der Waals surface area contributed by atoms with Crippen molar-refractivity contribution in [2.75, 3.05) is 7.11 Å². The van der Waals surface area contributed by atoms with Crippen LogP contribution in [0.3, 0.4) is 0 Å². The fourth-order valence-corrected chi connectivity index (χ4v) is 2.34. The highest BCUT2D eigenvalue weighted by molar-refractivity contribution is 5.73. The molecule has 3 heteroatoms. The number of hydrogen-bond acceptors (Lipinski definition) is 3. The van der Waals surface area contributed by atoms with E-state index in [1.807, 2.05) is 24.3 Å². The van der Waals surface area contributed by atoms with Gasteiger partial charge in [-0.1, -0.05) is 25.5 Å². The lowest BCUT2D eigenvalue weighted by Gasteiger charge is -2.17.